The first kappa shape index (κ1) is 19.2. The molecule has 0 aliphatic heterocycles. The molecule has 3 N–H and O–H groups in total. The summed E-state index contributed by atoms with van der Waals surface area (Å²) in [5.74, 6) is 0. The molecule has 0 aliphatic carbocycles. The van der Waals surface area contributed by atoms with Gasteiger partial charge in [-0.2, -0.15) is 9.98 Å². The molecule has 1 atom stereocenters. The lowest BCUT2D eigenvalue weighted by atomic mass is 10.0. The number of rotatable bonds is 5. The van der Waals surface area contributed by atoms with Gasteiger partial charge in [0, 0.05) is 6.92 Å². The monoisotopic (exact) mass is 327 g/mol. The number of hydrogen-bond donors (Lipinski definition) is 1. The number of nitrogens with zero attached hydrogens (tertiary/aromatic N) is 2. The average molecular weight is 327 g/mol. The van der Waals surface area contributed by atoms with Gasteiger partial charge in [0.25, 0.3) is 0 Å². The van der Waals surface area contributed by atoms with Crippen LogP contribution in [0.3, 0.4) is 0 Å². The lowest BCUT2D eigenvalue weighted by molar-refractivity contribution is 0.110. The molecule has 2 aromatic rings. The molecular formula is C18H19N2O4+. The number of carbonyl (C=O) groups excluding carboxylic acids is 2. The van der Waals surface area contributed by atoms with E-state index in [0.29, 0.717) is 11.4 Å². The van der Waals surface area contributed by atoms with E-state index in [1.54, 1.807) is 31.2 Å². The van der Waals surface area contributed by atoms with Gasteiger partial charge in [-0.1, -0.05) is 24.3 Å². The molecule has 0 aliphatic rings. The molecule has 2 rings (SSSR count). The highest BCUT2D eigenvalue weighted by atomic mass is 16.3. The number of aliphatic imine (C=N–C) groups is 2. The Labute approximate surface area is 139 Å². The molecule has 2 aromatic carbocycles. The summed E-state index contributed by atoms with van der Waals surface area (Å²) in [6.07, 6.45) is 3.46. The van der Waals surface area contributed by atoms with Gasteiger partial charge in [0.1, 0.15) is 6.61 Å². The number of aliphatic hydroxyl groups is 1. The van der Waals surface area contributed by atoms with Gasteiger partial charge in [0.2, 0.25) is 12.2 Å². The molecular weight excluding hydrogens is 308 g/mol. The van der Waals surface area contributed by atoms with Gasteiger partial charge in [0.15, 0.2) is 6.10 Å². The molecule has 6 heteroatoms. The van der Waals surface area contributed by atoms with Crippen LogP contribution in [0.1, 0.15) is 18.1 Å². The molecule has 0 radical (unpaired) electrons. The predicted molar refractivity (Wildman–Crippen MR) is 91.4 cm³/mol. The summed E-state index contributed by atoms with van der Waals surface area (Å²) in [4.78, 5) is 27.3. The highest BCUT2D eigenvalue weighted by Gasteiger charge is 1.97. The molecule has 24 heavy (non-hydrogen) atoms. The van der Waals surface area contributed by atoms with Crippen molar-refractivity contribution < 1.29 is 19.8 Å². The molecule has 1 unspecified atom stereocenters. The molecule has 0 amide bonds. The highest BCUT2D eigenvalue weighted by Crippen LogP contribution is 2.17. The van der Waals surface area contributed by atoms with E-state index in [0.717, 1.165) is 17.5 Å². The molecule has 0 fully saturated rings. The first-order valence-corrected chi connectivity index (χ1v) is 7.24. The van der Waals surface area contributed by atoms with E-state index in [1.807, 2.05) is 24.3 Å². The maximum atomic E-state index is 10.1. The van der Waals surface area contributed by atoms with Crippen LogP contribution in [0.15, 0.2) is 58.5 Å². The lowest BCUT2D eigenvalue weighted by Gasteiger charge is -2.02. The van der Waals surface area contributed by atoms with E-state index in [2.05, 4.69) is 9.98 Å². The molecule has 0 saturated heterocycles. The number of hydrogen-bond acceptors (Lipinski definition) is 5. The molecule has 0 heterocycles. The van der Waals surface area contributed by atoms with E-state index in [4.69, 9.17) is 10.2 Å². The largest absolute Gasteiger partial charge is 0.442 e. The fourth-order valence-corrected chi connectivity index (χ4v) is 1.72. The Morgan fingerprint density at radius 2 is 1.25 bits per heavy atom. The van der Waals surface area contributed by atoms with Crippen LogP contribution in [0.25, 0.3) is 0 Å². The van der Waals surface area contributed by atoms with Crippen molar-refractivity contribution in [3.63, 3.8) is 0 Å². The highest BCUT2D eigenvalue weighted by molar-refractivity contribution is 5.51. The molecule has 0 spiro atoms. The van der Waals surface area contributed by atoms with Crippen LogP contribution in [0.4, 0.5) is 11.4 Å². The van der Waals surface area contributed by atoms with Crippen molar-refractivity contribution in [2.24, 2.45) is 9.98 Å². The van der Waals surface area contributed by atoms with Crippen LogP contribution in [0.2, 0.25) is 0 Å². The second-order valence-corrected chi connectivity index (χ2v) is 5.00. The van der Waals surface area contributed by atoms with Crippen molar-refractivity contribution in [2.75, 3.05) is 6.61 Å². The second kappa shape index (κ2) is 10.8. The predicted octanol–water partition coefficient (Wildman–Crippen LogP) is 2.30. The van der Waals surface area contributed by atoms with Crippen molar-refractivity contribution in [1.82, 2.24) is 0 Å². The third-order valence-corrected chi connectivity index (χ3v) is 2.90. The fraction of sp³-hybridized carbons (Fsp3) is 0.222. The van der Waals surface area contributed by atoms with Crippen LogP contribution >= 0.6 is 0 Å². The number of isocyanates is 2. The van der Waals surface area contributed by atoms with Gasteiger partial charge in [0.05, 0.1) is 11.4 Å². The van der Waals surface area contributed by atoms with Crippen LogP contribution in [0.5, 0.6) is 0 Å². The normalized spacial score (nSPS) is 10.5. The molecule has 0 aromatic heterocycles. The molecule has 0 bridgehead atoms. The summed E-state index contributed by atoms with van der Waals surface area (Å²) in [7, 11) is 0. The first-order valence-electron chi connectivity index (χ1n) is 7.24. The van der Waals surface area contributed by atoms with Gasteiger partial charge in [-0.25, -0.2) is 9.59 Å². The van der Waals surface area contributed by atoms with Crippen molar-refractivity contribution in [3.8, 4) is 0 Å². The minimum absolute atomic E-state index is 0.0278. The van der Waals surface area contributed by atoms with Crippen LogP contribution in [-0.4, -0.2) is 35.1 Å². The van der Waals surface area contributed by atoms with E-state index < -0.39 is 0 Å². The molecule has 6 nitrogen and oxygen atoms in total. The van der Waals surface area contributed by atoms with Gasteiger partial charge >= 0.3 is 0 Å². The Morgan fingerprint density at radius 3 is 1.50 bits per heavy atom. The fourth-order valence-electron chi connectivity index (χ4n) is 1.72. The summed E-state index contributed by atoms with van der Waals surface area (Å²) < 4.78 is 0. The Kier molecular flexibility index (Phi) is 8.61. The second-order valence-electron chi connectivity index (χ2n) is 5.00. The molecule has 0 saturated carbocycles. The SMILES string of the molecule is CC([OH2+])CO.O=C=Nc1ccc(Cc2ccc(N=C=O)cc2)cc1. The minimum atomic E-state index is -0.310. The zero-order valence-corrected chi connectivity index (χ0v) is 13.3. The Morgan fingerprint density at radius 1 is 0.917 bits per heavy atom. The Balaban J connectivity index is 0.000000505. The summed E-state index contributed by atoms with van der Waals surface area (Å²) in [5.41, 5.74) is 3.40. The van der Waals surface area contributed by atoms with Crippen molar-refractivity contribution in [2.45, 2.75) is 19.4 Å². The van der Waals surface area contributed by atoms with E-state index >= 15 is 0 Å². The number of aliphatic hydroxyl groups excluding tert-OH is 1. The maximum Gasteiger partial charge on any atom is 0.240 e. The smallest absolute Gasteiger partial charge is 0.240 e. The van der Waals surface area contributed by atoms with Gasteiger partial charge in [-0.15, -0.1) is 0 Å². The maximum absolute atomic E-state index is 10.1. The standard InChI is InChI=1S/C15H10N2O2.C3H8O2/c18-10-16-14-5-1-12(2-6-14)9-13-3-7-15(8-4-13)17-11-19;1-3(5)2-4/h1-8H,9H2;3-5H,2H2,1H3/p+1. The first-order chi connectivity index (χ1) is 11.6. The molecule has 124 valence electrons. The van der Waals surface area contributed by atoms with Gasteiger partial charge in [-0.05, 0) is 41.8 Å². The Bertz CT molecular complexity index is 652. The van der Waals surface area contributed by atoms with Crippen molar-refractivity contribution in [3.05, 3.63) is 59.7 Å². The Hall–Kier alpha value is -2.88. The quantitative estimate of drug-likeness (QED) is 0.518. The topological polar surface area (TPSA) is 102 Å². The van der Waals surface area contributed by atoms with Crippen LogP contribution in [0, 0.1) is 0 Å². The van der Waals surface area contributed by atoms with E-state index in [9.17, 15) is 9.59 Å². The zero-order valence-electron chi connectivity index (χ0n) is 13.3. The van der Waals surface area contributed by atoms with Crippen molar-refractivity contribution in [1.29, 1.82) is 0 Å². The summed E-state index contributed by atoms with van der Waals surface area (Å²) in [6, 6.07) is 14.7. The summed E-state index contributed by atoms with van der Waals surface area (Å²) in [5, 5.41) is 14.5. The van der Waals surface area contributed by atoms with Crippen LogP contribution < -0.4 is 0 Å². The average Bonchev–Trinajstić information content (AvgIpc) is 2.59. The van der Waals surface area contributed by atoms with E-state index in [1.165, 1.54) is 12.2 Å². The third kappa shape index (κ3) is 7.40. The third-order valence-electron chi connectivity index (χ3n) is 2.90. The summed E-state index contributed by atoms with van der Waals surface area (Å²) in [6.45, 7) is 1.61. The zero-order chi connectivity index (χ0) is 17.8. The minimum Gasteiger partial charge on any atom is -0.442 e. The number of benzene rings is 2. The van der Waals surface area contributed by atoms with E-state index in [-0.39, 0.29) is 12.7 Å². The van der Waals surface area contributed by atoms with Gasteiger partial charge in [-0.3, -0.25) is 0 Å². The lowest BCUT2D eigenvalue weighted by Crippen LogP contribution is -2.03. The van der Waals surface area contributed by atoms with Gasteiger partial charge < -0.3 is 10.2 Å². The summed E-state index contributed by atoms with van der Waals surface area (Å²) >= 11 is 0. The van der Waals surface area contributed by atoms with Crippen molar-refractivity contribution >= 4 is 23.5 Å². The van der Waals surface area contributed by atoms with Crippen LogP contribution in [-0.2, 0) is 16.0 Å².